The Morgan fingerprint density at radius 1 is 1.25 bits per heavy atom. The van der Waals surface area contributed by atoms with Crippen LogP contribution < -0.4 is 10.9 Å². The first kappa shape index (κ1) is 22.2. The molecule has 0 fully saturated rings. The van der Waals surface area contributed by atoms with Crippen molar-refractivity contribution in [3.63, 3.8) is 0 Å². The van der Waals surface area contributed by atoms with Gasteiger partial charge in [0.1, 0.15) is 17.2 Å². The Morgan fingerprint density at radius 2 is 1.97 bits per heavy atom. The van der Waals surface area contributed by atoms with Crippen LogP contribution in [0, 0.1) is 20.8 Å². The molecule has 1 aliphatic rings. The number of carbonyl (C=O) groups is 2. The van der Waals surface area contributed by atoms with Crippen LogP contribution in [0.2, 0.25) is 0 Å². The van der Waals surface area contributed by atoms with Crippen LogP contribution in [0.3, 0.4) is 0 Å². The molecule has 0 saturated carbocycles. The number of anilines is 1. The lowest BCUT2D eigenvalue weighted by molar-refractivity contribution is -0.145. The van der Waals surface area contributed by atoms with Crippen LogP contribution in [-0.4, -0.2) is 28.0 Å². The Kier molecular flexibility index (Phi) is 6.15. The fourth-order valence-corrected chi connectivity index (χ4v) is 5.73. The van der Waals surface area contributed by atoms with Gasteiger partial charge in [-0.2, -0.15) is 0 Å². The van der Waals surface area contributed by atoms with Gasteiger partial charge in [-0.25, -0.2) is 4.98 Å². The van der Waals surface area contributed by atoms with Crippen LogP contribution in [0.25, 0.3) is 10.2 Å². The van der Waals surface area contributed by atoms with E-state index in [0.29, 0.717) is 29.1 Å². The van der Waals surface area contributed by atoms with Gasteiger partial charge in [0.25, 0.3) is 5.56 Å². The maximum Gasteiger partial charge on any atom is 0.313 e. The summed E-state index contributed by atoms with van der Waals surface area (Å²) < 4.78 is 6.67. The summed E-state index contributed by atoms with van der Waals surface area (Å²) >= 11 is 1.47. The SMILES string of the molecule is CCOC(=O)C1CCCc2sc3nc(C)n(CC(=O)Nc4c(C)cccc4C)c(=O)c3c21. The van der Waals surface area contributed by atoms with Gasteiger partial charge >= 0.3 is 5.97 Å². The first-order valence-electron chi connectivity index (χ1n) is 10.9. The van der Waals surface area contributed by atoms with Gasteiger partial charge in [-0.3, -0.25) is 19.0 Å². The monoisotopic (exact) mass is 453 g/mol. The highest BCUT2D eigenvalue weighted by Crippen LogP contribution is 2.41. The number of esters is 1. The van der Waals surface area contributed by atoms with Gasteiger partial charge in [0.2, 0.25) is 5.91 Å². The standard InChI is InChI=1S/C24H27N3O4S/c1-5-31-24(30)16-10-7-11-17-19(16)20-22(32-17)25-15(4)27(23(20)29)12-18(28)26-21-13(2)8-6-9-14(21)3/h6,8-9,16H,5,7,10-12H2,1-4H3,(H,26,28). The number of hydrogen-bond donors (Lipinski definition) is 1. The third kappa shape index (κ3) is 3.95. The van der Waals surface area contributed by atoms with E-state index >= 15 is 0 Å². The van der Waals surface area contributed by atoms with Gasteiger partial charge in [0.15, 0.2) is 0 Å². The molecule has 32 heavy (non-hydrogen) atoms. The van der Waals surface area contributed by atoms with Crippen LogP contribution in [-0.2, 0) is 27.3 Å². The molecule has 2 aromatic heterocycles. The molecule has 0 bridgehead atoms. The molecule has 1 aliphatic carbocycles. The third-order valence-corrected chi connectivity index (χ3v) is 7.14. The Balaban J connectivity index is 1.73. The average Bonchev–Trinajstić information content (AvgIpc) is 3.12. The molecule has 8 heteroatoms. The summed E-state index contributed by atoms with van der Waals surface area (Å²) in [7, 11) is 0. The van der Waals surface area contributed by atoms with Gasteiger partial charge in [0.05, 0.1) is 17.9 Å². The molecule has 1 atom stereocenters. The molecule has 1 N–H and O–H groups in total. The topological polar surface area (TPSA) is 90.3 Å². The van der Waals surface area contributed by atoms with E-state index in [1.165, 1.54) is 15.9 Å². The summed E-state index contributed by atoms with van der Waals surface area (Å²) in [5.74, 6) is -0.570. The van der Waals surface area contributed by atoms with Crippen molar-refractivity contribution in [2.75, 3.05) is 11.9 Å². The largest absolute Gasteiger partial charge is 0.466 e. The molecule has 0 saturated heterocycles. The number of aromatic nitrogens is 2. The minimum Gasteiger partial charge on any atom is -0.466 e. The summed E-state index contributed by atoms with van der Waals surface area (Å²) in [5.41, 5.74) is 3.14. The molecule has 168 valence electrons. The van der Waals surface area contributed by atoms with E-state index in [4.69, 9.17) is 4.74 Å². The predicted octanol–water partition coefficient (Wildman–Crippen LogP) is 4.00. The molecular weight excluding hydrogens is 426 g/mol. The zero-order valence-corrected chi connectivity index (χ0v) is 19.6. The number of para-hydroxylation sites is 1. The summed E-state index contributed by atoms with van der Waals surface area (Å²) in [6.07, 6.45) is 2.34. The number of fused-ring (bicyclic) bond motifs is 3. The first-order chi connectivity index (χ1) is 15.3. The summed E-state index contributed by atoms with van der Waals surface area (Å²) in [6.45, 7) is 7.53. The van der Waals surface area contributed by atoms with Crippen molar-refractivity contribution >= 4 is 39.1 Å². The van der Waals surface area contributed by atoms with E-state index in [2.05, 4.69) is 10.3 Å². The number of hydrogen-bond acceptors (Lipinski definition) is 6. The molecule has 1 amide bonds. The zero-order chi connectivity index (χ0) is 23.0. The highest BCUT2D eigenvalue weighted by Gasteiger charge is 2.33. The lowest BCUT2D eigenvalue weighted by Crippen LogP contribution is -2.31. The molecule has 3 aromatic rings. The van der Waals surface area contributed by atoms with E-state index in [0.717, 1.165) is 40.1 Å². The fourth-order valence-electron chi connectivity index (χ4n) is 4.42. The number of nitrogens with one attached hydrogen (secondary N) is 1. The maximum atomic E-state index is 13.5. The number of aryl methyl sites for hydroxylation is 4. The fraction of sp³-hybridized carbons (Fsp3) is 0.417. The lowest BCUT2D eigenvalue weighted by atomic mass is 9.86. The van der Waals surface area contributed by atoms with Gasteiger partial charge in [-0.05, 0) is 63.6 Å². The third-order valence-electron chi connectivity index (χ3n) is 5.98. The summed E-state index contributed by atoms with van der Waals surface area (Å²) in [4.78, 5) is 45.2. The molecule has 1 unspecified atom stereocenters. The van der Waals surface area contributed by atoms with Crippen LogP contribution in [0.4, 0.5) is 5.69 Å². The maximum absolute atomic E-state index is 13.5. The Hall–Kier alpha value is -3.00. The zero-order valence-electron chi connectivity index (χ0n) is 18.8. The second kappa shape index (κ2) is 8.86. The molecule has 0 aliphatic heterocycles. The Bertz CT molecular complexity index is 1250. The Labute approximate surface area is 190 Å². The number of nitrogens with zero attached hydrogens (tertiary/aromatic N) is 2. The van der Waals surface area contributed by atoms with Crippen LogP contribution >= 0.6 is 11.3 Å². The molecule has 0 radical (unpaired) electrons. The summed E-state index contributed by atoms with van der Waals surface area (Å²) in [5, 5.41) is 3.38. The van der Waals surface area contributed by atoms with E-state index in [-0.39, 0.29) is 24.0 Å². The minimum absolute atomic E-state index is 0.143. The second-order valence-corrected chi connectivity index (χ2v) is 9.26. The van der Waals surface area contributed by atoms with Crippen LogP contribution in [0.1, 0.15) is 53.1 Å². The lowest BCUT2D eigenvalue weighted by Gasteiger charge is -2.21. The van der Waals surface area contributed by atoms with Crippen molar-refractivity contribution in [3.05, 3.63) is 55.9 Å². The highest BCUT2D eigenvalue weighted by atomic mass is 32.1. The van der Waals surface area contributed by atoms with Crippen LogP contribution in [0.15, 0.2) is 23.0 Å². The van der Waals surface area contributed by atoms with Gasteiger partial charge < -0.3 is 10.1 Å². The van der Waals surface area contributed by atoms with Crippen molar-refractivity contribution in [1.82, 2.24) is 9.55 Å². The minimum atomic E-state index is -0.457. The quantitative estimate of drug-likeness (QED) is 0.590. The number of thiophene rings is 1. The average molecular weight is 454 g/mol. The van der Waals surface area contributed by atoms with E-state index < -0.39 is 5.92 Å². The number of benzene rings is 1. The van der Waals surface area contributed by atoms with E-state index in [1.807, 2.05) is 32.0 Å². The molecule has 2 heterocycles. The van der Waals surface area contributed by atoms with Crippen molar-refractivity contribution in [1.29, 1.82) is 0 Å². The van der Waals surface area contributed by atoms with Gasteiger partial charge in [-0.15, -0.1) is 11.3 Å². The molecule has 1 aromatic carbocycles. The van der Waals surface area contributed by atoms with Crippen molar-refractivity contribution in [3.8, 4) is 0 Å². The van der Waals surface area contributed by atoms with Gasteiger partial charge in [0, 0.05) is 10.6 Å². The highest BCUT2D eigenvalue weighted by molar-refractivity contribution is 7.18. The number of amides is 1. The number of ether oxygens (including phenoxy) is 1. The molecular formula is C24H27N3O4S. The van der Waals surface area contributed by atoms with Crippen LogP contribution in [0.5, 0.6) is 0 Å². The number of rotatable bonds is 5. The molecule has 4 rings (SSSR count). The summed E-state index contributed by atoms with van der Waals surface area (Å²) in [6, 6.07) is 5.80. The van der Waals surface area contributed by atoms with E-state index in [9.17, 15) is 14.4 Å². The van der Waals surface area contributed by atoms with Crippen molar-refractivity contribution < 1.29 is 14.3 Å². The first-order valence-corrected chi connectivity index (χ1v) is 11.7. The Morgan fingerprint density at radius 3 is 2.66 bits per heavy atom. The van der Waals surface area contributed by atoms with Crippen molar-refractivity contribution in [2.45, 2.75) is 59.4 Å². The predicted molar refractivity (Wildman–Crippen MR) is 125 cm³/mol. The normalized spacial score (nSPS) is 15.4. The van der Waals surface area contributed by atoms with Crippen molar-refractivity contribution in [2.24, 2.45) is 0 Å². The molecule has 0 spiro atoms. The van der Waals surface area contributed by atoms with E-state index in [1.54, 1.807) is 13.8 Å². The smallest absolute Gasteiger partial charge is 0.313 e. The second-order valence-electron chi connectivity index (χ2n) is 8.18. The number of carbonyl (C=O) groups excluding carboxylic acids is 2. The van der Waals surface area contributed by atoms with Gasteiger partial charge in [-0.1, -0.05) is 18.2 Å². The molecule has 7 nitrogen and oxygen atoms in total.